The summed E-state index contributed by atoms with van der Waals surface area (Å²) in [5, 5.41) is 10.0. The van der Waals surface area contributed by atoms with Crippen molar-refractivity contribution < 1.29 is 33.7 Å². The topological polar surface area (TPSA) is 102 Å². The molecule has 1 saturated heterocycles. The van der Waals surface area contributed by atoms with Crippen LogP contribution in [0.2, 0.25) is 0 Å². The number of esters is 2. The van der Waals surface area contributed by atoms with Crippen LogP contribution in [0.3, 0.4) is 0 Å². The van der Waals surface area contributed by atoms with Crippen LogP contribution in [0.1, 0.15) is 40.0 Å². The monoisotopic (exact) mass is 367 g/mol. The van der Waals surface area contributed by atoms with Crippen LogP contribution in [-0.4, -0.2) is 59.5 Å². The Bertz CT molecular complexity index is 656. The summed E-state index contributed by atoms with van der Waals surface area (Å²) in [7, 11) is 1.58. The smallest absolute Gasteiger partial charge is 0.358 e. The number of methoxy groups -OCH3 is 1. The average Bonchev–Trinajstić information content (AvgIpc) is 2.84. The number of aliphatic hydroxyl groups excluding tert-OH is 1. The Morgan fingerprint density at radius 2 is 1.92 bits per heavy atom. The molecule has 2 aliphatic heterocycles. The van der Waals surface area contributed by atoms with Crippen LogP contribution in [0, 0.1) is 11.8 Å². The Hall–Kier alpha value is -1.93. The summed E-state index contributed by atoms with van der Waals surface area (Å²) in [6.07, 6.45) is 0.385. The summed E-state index contributed by atoms with van der Waals surface area (Å²) in [5.74, 6) is -2.11. The van der Waals surface area contributed by atoms with Crippen molar-refractivity contribution in [3.05, 3.63) is 11.3 Å². The zero-order chi connectivity index (χ0) is 19.2. The van der Waals surface area contributed by atoms with Crippen LogP contribution >= 0.6 is 0 Å². The van der Waals surface area contributed by atoms with E-state index in [0.717, 1.165) is 24.8 Å². The fourth-order valence-electron chi connectivity index (χ4n) is 4.53. The summed E-state index contributed by atoms with van der Waals surface area (Å²) in [4.78, 5) is 37.9. The lowest BCUT2D eigenvalue weighted by atomic mass is 9.72. The molecular formula is C18H25NO7. The molecule has 0 aromatic heterocycles. The molecule has 26 heavy (non-hydrogen) atoms. The van der Waals surface area contributed by atoms with Crippen molar-refractivity contribution >= 4 is 17.8 Å². The first kappa shape index (κ1) is 18.8. The van der Waals surface area contributed by atoms with Crippen LogP contribution in [0.4, 0.5) is 0 Å². The molecule has 0 aromatic rings. The van der Waals surface area contributed by atoms with Crippen molar-refractivity contribution in [2.45, 2.75) is 64.6 Å². The molecule has 3 rings (SSSR count). The zero-order valence-corrected chi connectivity index (χ0v) is 15.4. The first-order valence-corrected chi connectivity index (χ1v) is 8.94. The molecule has 0 spiro atoms. The third-order valence-corrected chi connectivity index (χ3v) is 5.45. The third kappa shape index (κ3) is 2.91. The maximum atomic E-state index is 12.8. The lowest BCUT2D eigenvalue weighted by Crippen LogP contribution is -2.64. The van der Waals surface area contributed by atoms with E-state index in [1.165, 1.54) is 18.7 Å². The quantitative estimate of drug-likeness (QED) is 0.434. The first-order chi connectivity index (χ1) is 12.3. The Morgan fingerprint density at radius 1 is 1.23 bits per heavy atom. The number of carbonyl (C=O) groups excluding carboxylic acids is 3. The SMILES string of the molecule is COC1CCCC2C1=C(C(=O)OC(C)OC(C)=O)N1C(=O)C(C(C)O)C21. The molecule has 6 unspecified atom stereocenters. The van der Waals surface area contributed by atoms with E-state index >= 15 is 0 Å². The maximum Gasteiger partial charge on any atom is 0.358 e. The van der Waals surface area contributed by atoms with Gasteiger partial charge in [-0.3, -0.25) is 9.59 Å². The van der Waals surface area contributed by atoms with E-state index in [0.29, 0.717) is 0 Å². The van der Waals surface area contributed by atoms with Gasteiger partial charge in [-0.1, -0.05) is 0 Å². The van der Waals surface area contributed by atoms with Gasteiger partial charge < -0.3 is 24.2 Å². The van der Waals surface area contributed by atoms with E-state index in [1.807, 2.05) is 0 Å². The standard InChI is InChI=1S/C18H25NO7/c1-8(20)13-15-11-6-5-7-12(24-4)14(11)16(19(15)17(13)22)18(23)26-10(3)25-9(2)21/h8,10-13,15,20H,5-7H2,1-4H3. The van der Waals surface area contributed by atoms with E-state index in [2.05, 4.69) is 0 Å². The number of hydrogen-bond acceptors (Lipinski definition) is 7. The molecule has 0 bridgehead atoms. The maximum absolute atomic E-state index is 12.8. The molecule has 1 saturated carbocycles. The first-order valence-electron chi connectivity index (χ1n) is 8.94. The number of fused-ring (bicyclic) bond motifs is 3. The number of carbonyl (C=O) groups is 3. The van der Waals surface area contributed by atoms with Crippen molar-refractivity contribution in [2.24, 2.45) is 11.8 Å². The highest BCUT2D eigenvalue weighted by atomic mass is 16.7. The fraction of sp³-hybridized carbons (Fsp3) is 0.722. The van der Waals surface area contributed by atoms with Crippen molar-refractivity contribution in [1.82, 2.24) is 4.90 Å². The van der Waals surface area contributed by atoms with Crippen LogP contribution in [-0.2, 0) is 28.6 Å². The minimum Gasteiger partial charge on any atom is -0.426 e. The number of β-lactam (4-membered cyclic amide) rings is 1. The second-order valence-corrected chi connectivity index (χ2v) is 7.11. The molecule has 1 aliphatic carbocycles. The Labute approximate surface area is 152 Å². The van der Waals surface area contributed by atoms with Crippen LogP contribution in [0.5, 0.6) is 0 Å². The predicted octanol–water partition coefficient (Wildman–Crippen LogP) is 0.729. The van der Waals surface area contributed by atoms with Crippen LogP contribution in [0.25, 0.3) is 0 Å². The number of nitrogens with zero attached hydrogens (tertiary/aromatic N) is 1. The Morgan fingerprint density at radius 3 is 2.50 bits per heavy atom. The van der Waals surface area contributed by atoms with Crippen molar-refractivity contribution in [2.75, 3.05) is 7.11 Å². The number of ether oxygens (including phenoxy) is 3. The highest BCUT2D eigenvalue weighted by Crippen LogP contribution is 2.52. The van der Waals surface area contributed by atoms with Crippen molar-refractivity contribution in [3.63, 3.8) is 0 Å². The van der Waals surface area contributed by atoms with E-state index < -0.39 is 30.3 Å². The normalized spacial score (nSPS) is 32.3. The van der Waals surface area contributed by atoms with Gasteiger partial charge in [0.25, 0.3) is 0 Å². The van der Waals surface area contributed by atoms with Gasteiger partial charge in [-0.25, -0.2) is 4.79 Å². The van der Waals surface area contributed by atoms with Crippen molar-refractivity contribution in [3.8, 4) is 0 Å². The number of rotatable bonds is 5. The number of amides is 1. The zero-order valence-electron chi connectivity index (χ0n) is 15.4. The molecule has 8 nitrogen and oxygen atoms in total. The minimum atomic E-state index is -1.06. The van der Waals surface area contributed by atoms with E-state index in [4.69, 9.17) is 14.2 Å². The fourth-order valence-corrected chi connectivity index (χ4v) is 4.53. The van der Waals surface area contributed by atoms with Gasteiger partial charge in [0.05, 0.1) is 24.2 Å². The summed E-state index contributed by atoms with van der Waals surface area (Å²) in [6, 6.07) is -0.248. The van der Waals surface area contributed by atoms with Gasteiger partial charge in [0, 0.05) is 26.9 Å². The number of hydrogen-bond donors (Lipinski definition) is 1. The summed E-state index contributed by atoms with van der Waals surface area (Å²) < 4.78 is 15.6. The molecule has 8 heteroatoms. The molecule has 1 N–H and O–H groups in total. The van der Waals surface area contributed by atoms with Gasteiger partial charge in [-0.15, -0.1) is 0 Å². The molecule has 144 valence electrons. The summed E-state index contributed by atoms with van der Waals surface area (Å²) in [5.41, 5.74) is 0.952. The van der Waals surface area contributed by atoms with E-state index in [9.17, 15) is 19.5 Å². The Balaban J connectivity index is 1.93. The van der Waals surface area contributed by atoms with Gasteiger partial charge in [0.15, 0.2) is 0 Å². The lowest BCUT2D eigenvalue weighted by Gasteiger charge is -2.47. The number of aliphatic hydroxyl groups is 1. The van der Waals surface area contributed by atoms with Gasteiger partial charge in [-0.05, 0) is 31.8 Å². The molecule has 0 aromatic carbocycles. The highest BCUT2D eigenvalue weighted by molar-refractivity contribution is 6.01. The van der Waals surface area contributed by atoms with E-state index in [-0.39, 0.29) is 29.7 Å². The third-order valence-electron chi connectivity index (χ3n) is 5.45. The van der Waals surface area contributed by atoms with E-state index in [1.54, 1.807) is 14.0 Å². The lowest BCUT2D eigenvalue weighted by molar-refractivity contribution is -0.184. The van der Waals surface area contributed by atoms with Gasteiger partial charge in [-0.2, -0.15) is 0 Å². The predicted molar refractivity (Wildman–Crippen MR) is 88.3 cm³/mol. The second-order valence-electron chi connectivity index (χ2n) is 7.11. The molecule has 0 radical (unpaired) electrons. The average molecular weight is 367 g/mol. The highest BCUT2D eigenvalue weighted by Gasteiger charge is 2.62. The molecule has 2 heterocycles. The largest absolute Gasteiger partial charge is 0.426 e. The molecule has 2 fully saturated rings. The van der Waals surface area contributed by atoms with Crippen LogP contribution in [0.15, 0.2) is 11.3 Å². The molecule has 6 atom stereocenters. The molecule has 3 aliphatic rings. The second kappa shape index (κ2) is 7.00. The van der Waals surface area contributed by atoms with Gasteiger partial charge in [0.2, 0.25) is 12.2 Å². The van der Waals surface area contributed by atoms with Crippen molar-refractivity contribution in [1.29, 1.82) is 0 Å². The van der Waals surface area contributed by atoms with Gasteiger partial charge in [0.1, 0.15) is 5.70 Å². The summed E-state index contributed by atoms with van der Waals surface area (Å²) >= 11 is 0. The van der Waals surface area contributed by atoms with Crippen LogP contribution < -0.4 is 0 Å². The Kier molecular flexibility index (Phi) is 5.07. The summed E-state index contributed by atoms with van der Waals surface area (Å²) in [6.45, 7) is 4.26. The molecular weight excluding hydrogens is 342 g/mol. The van der Waals surface area contributed by atoms with Gasteiger partial charge >= 0.3 is 11.9 Å². The minimum absolute atomic E-state index is 0.0300. The molecule has 1 amide bonds.